The highest BCUT2D eigenvalue weighted by molar-refractivity contribution is 5.83. The Bertz CT molecular complexity index is 1040. The lowest BCUT2D eigenvalue weighted by Crippen LogP contribution is -2.33. The van der Waals surface area contributed by atoms with Crippen LogP contribution in [0.2, 0.25) is 0 Å². The molecule has 0 amide bonds. The standard InChI is InChI=1S/C23H29N5O4/c29-11-16-19(30)20(31)23(32-16)28-13-26-18-21(24-12-25-22(18)28)27-17(14-7-3-1-4-8-14)15-9-5-2-6-10-15/h1,3-4,7-8,12-13,15-17,19-20,23,29-31H,2,5-6,9-11H2,(H,24,25,27)/t16-,17?,19+,20?,23-/m1/s1. The third kappa shape index (κ3) is 3.86. The maximum Gasteiger partial charge on any atom is 0.167 e. The zero-order valence-electron chi connectivity index (χ0n) is 17.8. The minimum absolute atomic E-state index is 0.105. The monoisotopic (exact) mass is 439 g/mol. The van der Waals surface area contributed by atoms with E-state index in [-0.39, 0.29) is 12.6 Å². The molecule has 2 aromatic heterocycles. The van der Waals surface area contributed by atoms with Crippen LogP contribution in [-0.2, 0) is 4.74 Å². The molecule has 0 spiro atoms. The number of rotatable bonds is 6. The van der Waals surface area contributed by atoms with E-state index in [1.54, 1.807) is 4.57 Å². The molecule has 9 heteroatoms. The van der Waals surface area contributed by atoms with Crippen LogP contribution in [0.25, 0.3) is 11.2 Å². The summed E-state index contributed by atoms with van der Waals surface area (Å²) in [6, 6.07) is 10.5. The van der Waals surface area contributed by atoms with Gasteiger partial charge in [0.1, 0.15) is 24.6 Å². The molecule has 0 bridgehead atoms. The molecule has 1 aliphatic heterocycles. The minimum atomic E-state index is -1.20. The fraction of sp³-hybridized carbons (Fsp3) is 0.522. The number of anilines is 1. The Morgan fingerprint density at radius 1 is 1.03 bits per heavy atom. The van der Waals surface area contributed by atoms with Crippen LogP contribution in [0.3, 0.4) is 0 Å². The Morgan fingerprint density at radius 2 is 1.81 bits per heavy atom. The van der Waals surface area contributed by atoms with Crippen molar-refractivity contribution in [1.82, 2.24) is 19.5 Å². The van der Waals surface area contributed by atoms with Gasteiger partial charge in [0.2, 0.25) is 0 Å². The van der Waals surface area contributed by atoms with E-state index < -0.39 is 24.5 Å². The summed E-state index contributed by atoms with van der Waals surface area (Å²) in [5, 5.41) is 33.6. The molecule has 1 saturated heterocycles. The van der Waals surface area contributed by atoms with Gasteiger partial charge >= 0.3 is 0 Å². The molecule has 32 heavy (non-hydrogen) atoms. The quantitative estimate of drug-likeness (QED) is 0.460. The van der Waals surface area contributed by atoms with E-state index in [1.807, 2.05) is 6.07 Å². The minimum Gasteiger partial charge on any atom is -0.394 e. The molecule has 2 fully saturated rings. The summed E-state index contributed by atoms with van der Waals surface area (Å²) >= 11 is 0. The van der Waals surface area contributed by atoms with Gasteiger partial charge in [-0.05, 0) is 24.3 Å². The van der Waals surface area contributed by atoms with Crippen molar-refractivity contribution in [2.45, 2.75) is 62.7 Å². The predicted molar refractivity (Wildman–Crippen MR) is 118 cm³/mol. The molecule has 2 unspecified atom stereocenters. The van der Waals surface area contributed by atoms with Gasteiger partial charge in [-0.3, -0.25) is 4.57 Å². The Balaban J connectivity index is 1.48. The van der Waals surface area contributed by atoms with E-state index in [9.17, 15) is 15.3 Å². The second-order valence-electron chi connectivity index (χ2n) is 8.71. The smallest absolute Gasteiger partial charge is 0.167 e. The molecular formula is C23H29N5O4. The SMILES string of the molecule is OC[C@H]1O[C@@H](n2cnc3c(NC(c4ccccc4)C4CCCCC4)ncnc32)C(O)[C@H]1O. The molecule has 1 aromatic carbocycles. The molecule has 5 atom stereocenters. The van der Waals surface area contributed by atoms with Gasteiger partial charge in [-0.25, -0.2) is 15.0 Å². The fourth-order valence-corrected chi connectivity index (χ4v) is 5.00. The summed E-state index contributed by atoms with van der Waals surface area (Å²) < 4.78 is 7.25. The van der Waals surface area contributed by atoms with E-state index >= 15 is 0 Å². The number of nitrogens with one attached hydrogen (secondary N) is 1. The number of hydrogen-bond acceptors (Lipinski definition) is 8. The van der Waals surface area contributed by atoms with Crippen LogP contribution in [0.4, 0.5) is 5.82 Å². The first kappa shape index (κ1) is 21.3. The Kier molecular flexibility index (Phi) is 6.05. The van der Waals surface area contributed by atoms with Crippen LogP contribution in [0.15, 0.2) is 43.0 Å². The molecular weight excluding hydrogens is 410 g/mol. The van der Waals surface area contributed by atoms with Crippen LogP contribution >= 0.6 is 0 Å². The van der Waals surface area contributed by atoms with Gasteiger partial charge in [0.05, 0.1) is 19.0 Å². The molecule has 2 aliphatic rings. The van der Waals surface area contributed by atoms with Crippen molar-refractivity contribution in [3.8, 4) is 0 Å². The second-order valence-corrected chi connectivity index (χ2v) is 8.71. The maximum absolute atomic E-state index is 10.4. The molecule has 3 aromatic rings. The summed E-state index contributed by atoms with van der Waals surface area (Å²) in [6.45, 7) is -0.386. The number of fused-ring (bicyclic) bond motifs is 1. The van der Waals surface area contributed by atoms with Gasteiger partial charge in [-0.2, -0.15) is 0 Å². The highest BCUT2D eigenvalue weighted by Crippen LogP contribution is 2.38. The number of aliphatic hydroxyl groups excluding tert-OH is 3. The molecule has 3 heterocycles. The topological polar surface area (TPSA) is 126 Å². The van der Waals surface area contributed by atoms with Gasteiger partial charge in [0, 0.05) is 0 Å². The third-order valence-electron chi connectivity index (χ3n) is 6.72. The van der Waals surface area contributed by atoms with Crippen LogP contribution in [0, 0.1) is 5.92 Å². The Labute approximate surface area is 186 Å². The van der Waals surface area contributed by atoms with Crippen molar-refractivity contribution >= 4 is 17.0 Å². The first-order valence-electron chi connectivity index (χ1n) is 11.3. The lowest BCUT2D eigenvalue weighted by Gasteiger charge is -2.31. The van der Waals surface area contributed by atoms with Gasteiger partial charge in [0.15, 0.2) is 23.2 Å². The second kappa shape index (κ2) is 9.11. The summed E-state index contributed by atoms with van der Waals surface area (Å²) in [5.74, 6) is 1.12. The number of aromatic nitrogens is 4. The lowest BCUT2D eigenvalue weighted by molar-refractivity contribution is -0.0511. The average molecular weight is 440 g/mol. The van der Waals surface area contributed by atoms with Crippen molar-refractivity contribution in [2.75, 3.05) is 11.9 Å². The molecule has 5 rings (SSSR count). The van der Waals surface area contributed by atoms with E-state index in [0.717, 1.165) is 12.8 Å². The molecule has 1 aliphatic carbocycles. The number of imidazole rings is 1. The average Bonchev–Trinajstić information content (AvgIpc) is 3.40. The predicted octanol–water partition coefficient (Wildman–Crippen LogP) is 2.17. The van der Waals surface area contributed by atoms with E-state index in [0.29, 0.717) is 22.9 Å². The van der Waals surface area contributed by atoms with Crippen LogP contribution in [0.1, 0.15) is 49.9 Å². The van der Waals surface area contributed by atoms with E-state index in [1.165, 1.54) is 37.5 Å². The Hall–Kier alpha value is -2.59. The fourth-order valence-electron chi connectivity index (χ4n) is 5.00. The van der Waals surface area contributed by atoms with E-state index in [4.69, 9.17) is 4.74 Å². The maximum atomic E-state index is 10.4. The lowest BCUT2D eigenvalue weighted by atomic mass is 9.81. The first-order valence-corrected chi connectivity index (χ1v) is 11.3. The highest BCUT2D eigenvalue weighted by Gasteiger charge is 2.44. The van der Waals surface area contributed by atoms with Crippen LogP contribution in [-0.4, -0.2) is 59.8 Å². The van der Waals surface area contributed by atoms with Gasteiger partial charge < -0.3 is 25.4 Å². The summed E-state index contributed by atoms with van der Waals surface area (Å²) in [7, 11) is 0. The molecule has 170 valence electrons. The largest absolute Gasteiger partial charge is 0.394 e. The van der Waals surface area contributed by atoms with Crippen LogP contribution in [0.5, 0.6) is 0 Å². The zero-order chi connectivity index (χ0) is 22.1. The van der Waals surface area contributed by atoms with Crippen molar-refractivity contribution in [2.24, 2.45) is 5.92 Å². The van der Waals surface area contributed by atoms with E-state index in [2.05, 4.69) is 44.5 Å². The van der Waals surface area contributed by atoms with Crippen LogP contribution < -0.4 is 5.32 Å². The summed E-state index contributed by atoms with van der Waals surface area (Å²) in [6.07, 6.45) is 4.93. The zero-order valence-corrected chi connectivity index (χ0v) is 17.8. The van der Waals surface area contributed by atoms with Gasteiger partial charge in [-0.15, -0.1) is 0 Å². The molecule has 1 saturated carbocycles. The first-order chi connectivity index (χ1) is 15.7. The summed E-state index contributed by atoms with van der Waals surface area (Å²) in [4.78, 5) is 13.4. The molecule has 9 nitrogen and oxygen atoms in total. The van der Waals surface area contributed by atoms with Gasteiger partial charge in [-0.1, -0.05) is 49.6 Å². The highest BCUT2D eigenvalue weighted by atomic mass is 16.6. The van der Waals surface area contributed by atoms with Crippen molar-refractivity contribution in [3.63, 3.8) is 0 Å². The number of hydrogen-bond donors (Lipinski definition) is 4. The number of nitrogens with zero attached hydrogens (tertiary/aromatic N) is 4. The van der Waals surface area contributed by atoms with Crippen molar-refractivity contribution < 1.29 is 20.1 Å². The number of benzene rings is 1. The van der Waals surface area contributed by atoms with Crippen molar-refractivity contribution in [1.29, 1.82) is 0 Å². The number of aliphatic hydroxyl groups is 3. The summed E-state index contributed by atoms with van der Waals surface area (Å²) in [5.41, 5.74) is 2.28. The molecule has 4 N–H and O–H groups in total. The molecule has 0 radical (unpaired) electrons. The third-order valence-corrected chi connectivity index (χ3v) is 6.72. The van der Waals surface area contributed by atoms with Gasteiger partial charge in [0.25, 0.3) is 0 Å². The number of ether oxygens (including phenoxy) is 1. The van der Waals surface area contributed by atoms with Crippen molar-refractivity contribution in [3.05, 3.63) is 48.5 Å². The Morgan fingerprint density at radius 3 is 2.53 bits per heavy atom. The normalized spacial score (nSPS) is 27.6.